The lowest BCUT2D eigenvalue weighted by atomic mass is 10.0. The van der Waals surface area contributed by atoms with Crippen LogP contribution in [0.2, 0.25) is 0 Å². The van der Waals surface area contributed by atoms with Gasteiger partial charge in [-0.2, -0.15) is 5.21 Å². The van der Waals surface area contributed by atoms with E-state index in [0.29, 0.717) is 6.54 Å². The summed E-state index contributed by atoms with van der Waals surface area (Å²) in [5, 5.41) is 24.2. The van der Waals surface area contributed by atoms with E-state index < -0.39 is 0 Å². The van der Waals surface area contributed by atoms with Crippen molar-refractivity contribution in [3.8, 4) is 0 Å². The number of hydrogen-bond donors (Lipinski definition) is 3. The minimum absolute atomic E-state index is 0.0507. The summed E-state index contributed by atoms with van der Waals surface area (Å²) in [6, 6.07) is 0. The Kier molecular flexibility index (Phi) is 2.63. The van der Waals surface area contributed by atoms with Crippen molar-refractivity contribution in [1.29, 1.82) is 0 Å². The lowest BCUT2D eigenvalue weighted by Crippen LogP contribution is -2.31. The van der Waals surface area contributed by atoms with Crippen molar-refractivity contribution in [3.05, 3.63) is 5.82 Å². The Hall–Kier alpha value is -1.50. The van der Waals surface area contributed by atoms with Gasteiger partial charge in [-0.15, -0.1) is 10.2 Å². The number of nitrogens with one attached hydrogen (secondary N) is 2. The van der Waals surface area contributed by atoms with Gasteiger partial charge in [0.15, 0.2) is 0 Å². The maximum absolute atomic E-state index is 11.4. The van der Waals surface area contributed by atoms with Crippen LogP contribution in [0.1, 0.15) is 29.9 Å². The molecule has 7 nitrogen and oxygen atoms in total. The van der Waals surface area contributed by atoms with Crippen molar-refractivity contribution in [1.82, 2.24) is 25.9 Å². The molecule has 0 spiro atoms. The smallest absolute Gasteiger partial charge is 0.292 e. The number of nitrogens with zero attached hydrogens (tertiary/aromatic N) is 3. The first-order valence-electron chi connectivity index (χ1n) is 4.88. The molecule has 3 N–H and O–H groups in total. The molecule has 0 aliphatic heterocycles. The zero-order chi connectivity index (χ0) is 10.7. The lowest BCUT2D eigenvalue weighted by molar-refractivity contribution is 0.0930. The third-order valence-corrected chi connectivity index (χ3v) is 2.77. The molecule has 7 heteroatoms. The summed E-state index contributed by atoms with van der Waals surface area (Å²) in [6.07, 6.45) is 2.85. The molecule has 1 aromatic rings. The minimum atomic E-state index is -0.326. The van der Waals surface area contributed by atoms with Crippen molar-refractivity contribution in [2.45, 2.75) is 19.3 Å². The number of hydrogen-bond acceptors (Lipinski definition) is 5. The van der Waals surface area contributed by atoms with E-state index in [0.717, 1.165) is 19.3 Å². The third kappa shape index (κ3) is 2.30. The van der Waals surface area contributed by atoms with Crippen molar-refractivity contribution in [2.75, 3.05) is 13.2 Å². The standard InChI is InChI=1S/C8H13N5O2/c14-4-3-8(1-2-8)5-9-7(15)6-10-12-13-11-6/h14H,1-5H2,(H,9,15)(H,10,11,12,13). The minimum Gasteiger partial charge on any atom is -0.396 e. The molecule has 0 atom stereocenters. The fourth-order valence-corrected chi connectivity index (χ4v) is 1.53. The topological polar surface area (TPSA) is 104 Å². The summed E-state index contributed by atoms with van der Waals surface area (Å²) in [6.45, 7) is 0.735. The monoisotopic (exact) mass is 211 g/mol. The Morgan fingerprint density at radius 3 is 2.93 bits per heavy atom. The van der Waals surface area contributed by atoms with E-state index >= 15 is 0 Å². The number of aromatic amines is 1. The first-order chi connectivity index (χ1) is 7.26. The Morgan fingerprint density at radius 2 is 2.40 bits per heavy atom. The SMILES string of the molecule is O=C(NCC1(CCO)CC1)c1nn[nH]n1. The van der Waals surface area contributed by atoms with Gasteiger partial charge in [0.1, 0.15) is 0 Å². The van der Waals surface area contributed by atoms with Crippen LogP contribution in [0.25, 0.3) is 0 Å². The van der Waals surface area contributed by atoms with Gasteiger partial charge in [0.25, 0.3) is 11.7 Å². The van der Waals surface area contributed by atoms with E-state index in [-0.39, 0.29) is 23.8 Å². The highest BCUT2D eigenvalue weighted by Crippen LogP contribution is 2.47. The first-order valence-corrected chi connectivity index (χ1v) is 4.88. The Bertz CT molecular complexity index is 333. The number of rotatable bonds is 5. The van der Waals surface area contributed by atoms with Gasteiger partial charge < -0.3 is 10.4 Å². The van der Waals surface area contributed by atoms with Gasteiger partial charge >= 0.3 is 0 Å². The van der Waals surface area contributed by atoms with E-state index in [1.165, 1.54) is 0 Å². The number of carbonyl (C=O) groups is 1. The van der Waals surface area contributed by atoms with Crippen LogP contribution in [0.3, 0.4) is 0 Å². The summed E-state index contributed by atoms with van der Waals surface area (Å²) < 4.78 is 0. The first kappa shape index (κ1) is 10.0. The second-order valence-electron chi connectivity index (χ2n) is 3.89. The second kappa shape index (κ2) is 3.93. The van der Waals surface area contributed by atoms with Gasteiger partial charge in [0, 0.05) is 13.2 Å². The number of H-pyrrole nitrogens is 1. The molecular weight excluding hydrogens is 198 g/mol. The van der Waals surface area contributed by atoms with Crippen LogP contribution in [-0.2, 0) is 0 Å². The average Bonchev–Trinajstić information content (AvgIpc) is 2.81. The Morgan fingerprint density at radius 1 is 1.60 bits per heavy atom. The van der Waals surface area contributed by atoms with Gasteiger partial charge in [0.05, 0.1) is 0 Å². The zero-order valence-electron chi connectivity index (χ0n) is 8.23. The van der Waals surface area contributed by atoms with Gasteiger partial charge in [-0.1, -0.05) is 0 Å². The second-order valence-corrected chi connectivity index (χ2v) is 3.89. The van der Waals surface area contributed by atoms with Gasteiger partial charge in [-0.25, -0.2) is 0 Å². The molecule has 1 amide bonds. The lowest BCUT2D eigenvalue weighted by Gasteiger charge is -2.13. The number of amides is 1. The Labute approximate surface area is 86.3 Å². The zero-order valence-corrected chi connectivity index (χ0v) is 8.23. The molecular formula is C8H13N5O2. The van der Waals surface area contributed by atoms with Gasteiger partial charge in [-0.3, -0.25) is 4.79 Å². The molecule has 82 valence electrons. The molecule has 1 aliphatic carbocycles. The highest BCUT2D eigenvalue weighted by Gasteiger charge is 2.42. The molecule has 15 heavy (non-hydrogen) atoms. The fraction of sp³-hybridized carbons (Fsp3) is 0.750. The van der Waals surface area contributed by atoms with E-state index in [1.807, 2.05) is 0 Å². The number of aromatic nitrogens is 4. The largest absolute Gasteiger partial charge is 0.396 e. The number of carbonyl (C=O) groups excluding carboxylic acids is 1. The molecule has 2 rings (SSSR count). The van der Waals surface area contributed by atoms with Crippen molar-refractivity contribution < 1.29 is 9.90 Å². The van der Waals surface area contributed by atoms with Crippen LogP contribution in [0, 0.1) is 5.41 Å². The number of tetrazole rings is 1. The molecule has 1 saturated carbocycles. The number of aliphatic hydroxyl groups excluding tert-OH is 1. The summed E-state index contributed by atoms with van der Waals surface area (Å²) in [7, 11) is 0. The fourth-order valence-electron chi connectivity index (χ4n) is 1.53. The van der Waals surface area contributed by atoms with Crippen molar-refractivity contribution in [2.24, 2.45) is 5.41 Å². The van der Waals surface area contributed by atoms with Crippen LogP contribution in [-0.4, -0.2) is 44.8 Å². The molecule has 0 saturated heterocycles. The summed E-state index contributed by atoms with van der Waals surface area (Å²) in [5.41, 5.74) is 0.105. The maximum atomic E-state index is 11.4. The molecule has 1 aromatic heterocycles. The molecule has 1 fully saturated rings. The van der Waals surface area contributed by atoms with Crippen LogP contribution >= 0.6 is 0 Å². The average molecular weight is 211 g/mol. The van der Waals surface area contributed by atoms with E-state index in [2.05, 4.69) is 25.9 Å². The predicted molar refractivity (Wildman–Crippen MR) is 49.9 cm³/mol. The van der Waals surface area contributed by atoms with E-state index in [1.54, 1.807) is 0 Å². The van der Waals surface area contributed by atoms with Crippen LogP contribution in [0.4, 0.5) is 0 Å². The van der Waals surface area contributed by atoms with E-state index in [4.69, 9.17) is 5.11 Å². The van der Waals surface area contributed by atoms with E-state index in [9.17, 15) is 4.79 Å². The van der Waals surface area contributed by atoms with Crippen LogP contribution in [0.15, 0.2) is 0 Å². The predicted octanol–water partition coefficient (Wildman–Crippen LogP) is -0.908. The number of aliphatic hydroxyl groups is 1. The summed E-state index contributed by atoms with van der Waals surface area (Å²) in [5.74, 6) is -0.275. The molecule has 1 heterocycles. The normalized spacial score (nSPS) is 17.4. The molecule has 0 radical (unpaired) electrons. The van der Waals surface area contributed by atoms with Gasteiger partial charge in [-0.05, 0) is 29.9 Å². The molecule has 1 aliphatic rings. The summed E-state index contributed by atoms with van der Waals surface area (Å²) >= 11 is 0. The third-order valence-electron chi connectivity index (χ3n) is 2.77. The molecule has 0 aromatic carbocycles. The summed E-state index contributed by atoms with van der Waals surface area (Å²) in [4.78, 5) is 11.4. The highest BCUT2D eigenvalue weighted by molar-refractivity contribution is 5.90. The quantitative estimate of drug-likeness (QED) is 0.585. The maximum Gasteiger partial charge on any atom is 0.292 e. The molecule has 0 unspecified atom stereocenters. The van der Waals surface area contributed by atoms with Crippen LogP contribution < -0.4 is 5.32 Å². The molecule has 0 bridgehead atoms. The highest BCUT2D eigenvalue weighted by atomic mass is 16.3. The van der Waals surface area contributed by atoms with Crippen molar-refractivity contribution in [3.63, 3.8) is 0 Å². The van der Waals surface area contributed by atoms with Crippen LogP contribution in [0.5, 0.6) is 0 Å². The van der Waals surface area contributed by atoms with Crippen molar-refractivity contribution >= 4 is 5.91 Å². The van der Waals surface area contributed by atoms with Gasteiger partial charge in [0.2, 0.25) is 0 Å². The Balaban J connectivity index is 1.81.